The van der Waals surface area contributed by atoms with Gasteiger partial charge < -0.3 is 10.8 Å². The zero-order valence-corrected chi connectivity index (χ0v) is 5.25. The average molecular weight is 122 g/mol. The zero-order valence-electron chi connectivity index (χ0n) is 4.09. The summed E-state index contributed by atoms with van der Waals surface area (Å²) >= 11 is 0. The highest BCUT2D eigenvalue weighted by Gasteiger charge is 1.96. The Morgan fingerprint density at radius 2 is 2.43 bits per heavy atom. The fourth-order valence-corrected chi connectivity index (χ4v) is 0.437. The van der Waals surface area contributed by atoms with E-state index in [1.807, 2.05) is 0 Å². The quantitative estimate of drug-likeness (QED) is 0.407. The summed E-state index contributed by atoms with van der Waals surface area (Å²) in [5.74, 6) is 0. The first-order chi connectivity index (χ1) is 3.35. The summed E-state index contributed by atoms with van der Waals surface area (Å²) in [6, 6.07) is 0.0324. The molecule has 0 rings (SSSR count). The molecule has 3 nitrogen and oxygen atoms in total. The molecule has 0 aromatic rings. The van der Waals surface area contributed by atoms with E-state index in [-0.39, 0.29) is 12.6 Å². The predicted octanol–water partition coefficient (Wildman–Crippen LogP) is -1.31. The molecule has 4 N–H and O–H groups in total. The third-order valence-electron chi connectivity index (χ3n) is 0.741. The van der Waals surface area contributed by atoms with E-state index in [4.69, 9.17) is 10.8 Å². The fraction of sp³-hybridized carbons (Fsp3) is 1.00. The number of rotatable bonds is 3. The van der Waals surface area contributed by atoms with E-state index in [2.05, 4.69) is 14.5 Å². The van der Waals surface area contributed by atoms with Gasteiger partial charge >= 0.3 is 0 Å². The lowest BCUT2D eigenvalue weighted by Gasteiger charge is -2.06. The van der Waals surface area contributed by atoms with Crippen LogP contribution in [0.4, 0.5) is 0 Å². The van der Waals surface area contributed by atoms with Crippen molar-refractivity contribution < 1.29 is 5.11 Å². The highest BCUT2D eigenvalue weighted by molar-refractivity contribution is 7.13. The molecule has 0 spiro atoms. The van der Waals surface area contributed by atoms with Gasteiger partial charge in [0.15, 0.2) is 0 Å². The van der Waals surface area contributed by atoms with Crippen molar-refractivity contribution in [2.24, 2.45) is 5.73 Å². The van der Waals surface area contributed by atoms with Crippen LogP contribution in [0.2, 0.25) is 0 Å². The van der Waals surface area contributed by atoms with Gasteiger partial charge in [-0.25, -0.2) is 0 Å². The summed E-state index contributed by atoms with van der Waals surface area (Å²) in [7, 11) is 2.29. The van der Waals surface area contributed by atoms with E-state index >= 15 is 0 Å². The minimum Gasteiger partial charge on any atom is -0.395 e. The summed E-state index contributed by atoms with van der Waals surface area (Å²) in [5, 5.41) is 11.1. The molecule has 0 aliphatic rings. The minimum absolute atomic E-state index is 0.0324. The summed E-state index contributed by atoms with van der Waals surface area (Å²) in [4.78, 5) is 0. The highest BCUT2D eigenvalue weighted by atomic mass is 31.0. The summed E-state index contributed by atoms with van der Waals surface area (Å²) in [6.07, 6.45) is 0. The molecule has 44 valence electrons. The van der Waals surface area contributed by atoms with E-state index in [9.17, 15) is 0 Å². The molecule has 0 saturated heterocycles. The van der Waals surface area contributed by atoms with Crippen molar-refractivity contribution in [2.75, 3.05) is 13.2 Å². The van der Waals surface area contributed by atoms with E-state index in [1.165, 1.54) is 0 Å². The summed E-state index contributed by atoms with van der Waals surface area (Å²) in [6.45, 7) is 0.569. The lowest BCUT2D eigenvalue weighted by molar-refractivity contribution is 0.262. The lowest BCUT2D eigenvalue weighted by atomic mass is 10.3. The van der Waals surface area contributed by atoms with Gasteiger partial charge in [-0.15, -0.1) is 0 Å². The van der Waals surface area contributed by atoms with E-state index in [1.54, 1.807) is 0 Å². The van der Waals surface area contributed by atoms with Crippen LogP contribution in [-0.2, 0) is 0 Å². The maximum atomic E-state index is 8.37. The van der Waals surface area contributed by atoms with E-state index in [0.717, 1.165) is 0 Å². The summed E-state index contributed by atoms with van der Waals surface area (Å²) < 4.78 is 0. The van der Waals surface area contributed by atoms with Gasteiger partial charge in [0.05, 0.1) is 6.61 Å². The van der Waals surface area contributed by atoms with Crippen molar-refractivity contribution in [3.05, 3.63) is 0 Å². The van der Waals surface area contributed by atoms with Gasteiger partial charge in [-0.05, 0) is 0 Å². The third kappa shape index (κ3) is 2.94. The molecule has 0 saturated carbocycles. The maximum absolute atomic E-state index is 8.37. The number of aliphatic hydroxyl groups excluding tert-OH is 1. The van der Waals surface area contributed by atoms with Crippen molar-refractivity contribution in [2.45, 2.75) is 6.04 Å². The largest absolute Gasteiger partial charge is 0.395 e. The zero-order chi connectivity index (χ0) is 5.70. The molecule has 0 heterocycles. The van der Waals surface area contributed by atoms with Crippen LogP contribution >= 0.6 is 9.39 Å². The Morgan fingerprint density at radius 3 is 2.43 bits per heavy atom. The number of nitrogens with two attached hydrogens (primary N) is 1. The molecular formula is C3H11N2OP. The third-order valence-corrected chi connectivity index (χ3v) is 1.21. The standard InChI is InChI=1S/C3H11N2OP/c4-1-3(2-6)5-7/h3,5-6H,1-2,4,7H2/t3-/m0/s1. The Labute approximate surface area is 45.5 Å². The molecule has 0 fully saturated rings. The maximum Gasteiger partial charge on any atom is 0.0599 e. The molecule has 0 aromatic carbocycles. The Bertz CT molecular complexity index is 34.4. The molecule has 1 unspecified atom stereocenters. The fourth-order valence-electron chi connectivity index (χ4n) is 0.195. The smallest absolute Gasteiger partial charge is 0.0599 e. The van der Waals surface area contributed by atoms with Gasteiger partial charge in [0.25, 0.3) is 0 Å². The van der Waals surface area contributed by atoms with Crippen molar-refractivity contribution in [3.63, 3.8) is 0 Å². The Hall–Kier alpha value is 0.310. The first-order valence-electron chi connectivity index (χ1n) is 2.12. The lowest BCUT2D eigenvalue weighted by Crippen LogP contribution is -2.32. The normalized spacial score (nSPS) is 14.1. The minimum atomic E-state index is 0.0324. The number of hydrogen-bond acceptors (Lipinski definition) is 3. The van der Waals surface area contributed by atoms with Crippen LogP contribution in [0.15, 0.2) is 0 Å². The van der Waals surface area contributed by atoms with Crippen LogP contribution in [0.3, 0.4) is 0 Å². The number of aliphatic hydroxyl groups is 1. The molecule has 0 bridgehead atoms. The molecule has 4 heteroatoms. The molecular weight excluding hydrogens is 111 g/mol. The Kier molecular flexibility index (Phi) is 4.67. The molecule has 0 aliphatic carbocycles. The van der Waals surface area contributed by atoms with Gasteiger partial charge in [-0.3, -0.25) is 5.09 Å². The van der Waals surface area contributed by atoms with Gasteiger partial charge in [-0.2, -0.15) is 0 Å². The van der Waals surface area contributed by atoms with Gasteiger partial charge in [-0.1, -0.05) is 9.39 Å². The van der Waals surface area contributed by atoms with Crippen LogP contribution in [0, 0.1) is 0 Å². The number of hydrogen-bond donors (Lipinski definition) is 3. The topological polar surface area (TPSA) is 58.3 Å². The van der Waals surface area contributed by atoms with Crippen molar-refractivity contribution in [1.82, 2.24) is 5.09 Å². The highest BCUT2D eigenvalue weighted by Crippen LogP contribution is 1.79. The van der Waals surface area contributed by atoms with Crippen LogP contribution in [0.25, 0.3) is 0 Å². The first kappa shape index (κ1) is 7.31. The van der Waals surface area contributed by atoms with Crippen LogP contribution in [-0.4, -0.2) is 24.3 Å². The van der Waals surface area contributed by atoms with Gasteiger partial charge in [0.2, 0.25) is 0 Å². The van der Waals surface area contributed by atoms with Crippen LogP contribution in [0.5, 0.6) is 0 Å². The number of nitrogens with one attached hydrogen (secondary N) is 1. The predicted molar refractivity (Wildman–Crippen MR) is 32.8 cm³/mol. The monoisotopic (exact) mass is 122 g/mol. The molecule has 0 aromatic heterocycles. The second-order valence-electron chi connectivity index (χ2n) is 1.28. The molecule has 0 radical (unpaired) electrons. The van der Waals surface area contributed by atoms with Crippen LogP contribution < -0.4 is 10.8 Å². The van der Waals surface area contributed by atoms with Crippen molar-refractivity contribution >= 4 is 9.39 Å². The van der Waals surface area contributed by atoms with Crippen molar-refractivity contribution in [3.8, 4) is 0 Å². The first-order valence-corrected chi connectivity index (χ1v) is 2.70. The molecule has 7 heavy (non-hydrogen) atoms. The van der Waals surface area contributed by atoms with E-state index < -0.39 is 0 Å². The molecule has 0 amide bonds. The molecule has 0 aliphatic heterocycles. The van der Waals surface area contributed by atoms with E-state index in [0.29, 0.717) is 6.54 Å². The van der Waals surface area contributed by atoms with Crippen molar-refractivity contribution in [1.29, 1.82) is 0 Å². The summed E-state index contributed by atoms with van der Waals surface area (Å²) in [5.41, 5.74) is 5.16. The Morgan fingerprint density at radius 1 is 1.86 bits per heavy atom. The second kappa shape index (κ2) is 4.47. The van der Waals surface area contributed by atoms with Gasteiger partial charge in [0.1, 0.15) is 0 Å². The Balaban J connectivity index is 2.99. The average Bonchev–Trinajstić information content (AvgIpc) is 1.72. The second-order valence-corrected chi connectivity index (χ2v) is 1.62. The van der Waals surface area contributed by atoms with Crippen LogP contribution in [0.1, 0.15) is 0 Å². The SMILES string of the molecule is NC[C@@H](CO)NP. The van der Waals surface area contributed by atoms with Gasteiger partial charge in [0, 0.05) is 12.6 Å². The molecule has 2 atom stereocenters.